The molecule has 112 valence electrons. The molecule has 3 aromatic rings. The van der Waals surface area contributed by atoms with Gasteiger partial charge in [-0.15, -0.1) is 0 Å². The lowest BCUT2D eigenvalue weighted by Gasteiger charge is -2.04. The molecule has 22 heavy (non-hydrogen) atoms. The van der Waals surface area contributed by atoms with Crippen LogP contribution in [0.3, 0.4) is 0 Å². The maximum atomic E-state index is 12.2. The fraction of sp³-hybridized carbons (Fsp3) is 0.0667. The van der Waals surface area contributed by atoms with Crippen LogP contribution in [0.15, 0.2) is 53.1 Å². The predicted molar refractivity (Wildman–Crippen MR) is 74.1 cm³/mol. The first-order chi connectivity index (χ1) is 10.4. The number of hydrogen-bond acceptors (Lipinski definition) is 3. The summed E-state index contributed by atoms with van der Waals surface area (Å²) in [5.41, 5.74) is 0.603. The number of amides is 1. The van der Waals surface area contributed by atoms with E-state index in [1.54, 1.807) is 17.4 Å². The van der Waals surface area contributed by atoms with Crippen LogP contribution in [-0.2, 0) is 4.79 Å². The Bertz CT molecular complexity index is 840. The molecule has 0 spiro atoms. The summed E-state index contributed by atoms with van der Waals surface area (Å²) in [7, 11) is 0. The Morgan fingerprint density at radius 3 is 2.55 bits per heavy atom. The number of oxazole rings is 1. The van der Waals surface area contributed by atoms with Crippen LogP contribution >= 0.6 is 0 Å². The maximum Gasteiger partial charge on any atom is 0.471 e. The number of halogens is 3. The van der Waals surface area contributed by atoms with Gasteiger partial charge in [0.25, 0.3) is 0 Å². The number of nitrogens with zero attached hydrogens (tertiary/aromatic N) is 1. The Morgan fingerprint density at radius 2 is 1.82 bits per heavy atom. The largest absolute Gasteiger partial charge is 0.471 e. The van der Waals surface area contributed by atoms with Crippen molar-refractivity contribution in [1.29, 1.82) is 0 Å². The Morgan fingerprint density at radius 1 is 1.09 bits per heavy atom. The highest BCUT2D eigenvalue weighted by atomic mass is 19.4. The van der Waals surface area contributed by atoms with Gasteiger partial charge in [0.1, 0.15) is 0 Å². The molecule has 1 amide bonds. The average Bonchev–Trinajstić information content (AvgIpc) is 2.94. The second kappa shape index (κ2) is 5.18. The van der Waals surface area contributed by atoms with Crippen molar-refractivity contribution in [1.82, 2.24) is 4.98 Å². The van der Waals surface area contributed by atoms with E-state index in [0.717, 1.165) is 17.0 Å². The van der Waals surface area contributed by atoms with E-state index in [1.165, 1.54) is 0 Å². The van der Waals surface area contributed by atoms with E-state index in [2.05, 4.69) is 4.98 Å². The van der Waals surface area contributed by atoms with E-state index in [9.17, 15) is 18.0 Å². The van der Waals surface area contributed by atoms with Gasteiger partial charge in [-0.2, -0.15) is 13.2 Å². The Balaban J connectivity index is 1.87. The minimum absolute atomic E-state index is 0.128. The van der Waals surface area contributed by atoms with Gasteiger partial charge in [0.15, 0.2) is 0 Å². The van der Waals surface area contributed by atoms with Gasteiger partial charge in [-0.25, -0.2) is 4.98 Å². The SMILES string of the molecule is O=C(Nc1cnc(-c2ccc3ccccc3c2)o1)C(F)(F)F. The molecule has 4 nitrogen and oxygen atoms in total. The molecule has 1 heterocycles. The second-order valence-electron chi connectivity index (χ2n) is 4.54. The molecule has 0 bridgehead atoms. The number of aromatic nitrogens is 1. The smallest absolute Gasteiger partial charge is 0.420 e. The molecule has 0 atom stereocenters. The summed E-state index contributed by atoms with van der Waals surface area (Å²) in [6.07, 6.45) is -3.94. The Kier molecular flexibility index (Phi) is 3.32. The number of benzene rings is 2. The van der Waals surface area contributed by atoms with Gasteiger partial charge >= 0.3 is 12.1 Å². The fourth-order valence-corrected chi connectivity index (χ4v) is 1.97. The third-order valence-electron chi connectivity index (χ3n) is 3.00. The summed E-state index contributed by atoms with van der Waals surface area (Å²) in [6.45, 7) is 0. The van der Waals surface area contributed by atoms with Crippen molar-refractivity contribution in [3.8, 4) is 11.5 Å². The molecule has 1 aromatic heterocycles. The lowest BCUT2D eigenvalue weighted by molar-refractivity contribution is -0.167. The van der Waals surface area contributed by atoms with Crippen LogP contribution in [0.25, 0.3) is 22.2 Å². The number of carbonyl (C=O) groups is 1. The number of fused-ring (bicyclic) bond motifs is 1. The third-order valence-corrected chi connectivity index (χ3v) is 3.00. The monoisotopic (exact) mass is 306 g/mol. The lowest BCUT2D eigenvalue weighted by atomic mass is 10.1. The van der Waals surface area contributed by atoms with Crippen molar-refractivity contribution in [3.05, 3.63) is 48.7 Å². The molecule has 0 aliphatic rings. The zero-order valence-corrected chi connectivity index (χ0v) is 11.0. The predicted octanol–water partition coefficient (Wildman–Crippen LogP) is 4.00. The number of hydrogen-bond donors (Lipinski definition) is 1. The molecule has 3 rings (SSSR count). The van der Waals surface area contributed by atoms with Crippen molar-refractivity contribution in [2.45, 2.75) is 6.18 Å². The molecule has 7 heteroatoms. The highest BCUT2D eigenvalue weighted by Crippen LogP contribution is 2.26. The van der Waals surface area contributed by atoms with Crippen LogP contribution in [0.5, 0.6) is 0 Å². The number of nitrogens with one attached hydrogen (secondary N) is 1. The molecule has 0 radical (unpaired) electrons. The van der Waals surface area contributed by atoms with Crippen molar-refractivity contribution >= 4 is 22.6 Å². The van der Waals surface area contributed by atoms with Gasteiger partial charge in [-0.05, 0) is 22.9 Å². The van der Waals surface area contributed by atoms with Crippen molar-refractivity contribution in [2.75, 3.05) is 5.32 Å². The van der Waals surface area contributed by atoms with E-state index in [4.69, 9.17) is 4.42 Å². The van der Waals surface area contributed by atoms with E-state index >= 15 is 0 Å². The van der Waals surface area contributed by atoms with Crippen molar-refractivity contribution in [2.24, 2.45) is 0 Å². The molecule has 0 unspecified atom stereocenters. The van der Waals surface area contributed by atoms with Crippen LogP contribution < -0.4 is 5.32 Å². The molecule has 0 saturated heterocycles. The number of anilines is 1. The highest BCUT2D eigenvalue weighted by molar-refractivity contribution is 5.93. The molecule has 0 aliphatic carbocycles. The van der Waals surface area contributed by atoms with Gasteiger partial charge in [0.2, 0.25) is 11.8 Å². The normalized spacial score (nSPS) is 11.6. The van der Waals surface area contributed by atoms with Crippen molar-refractivity contribution < 1.29 is 22.4 Å². The van der Waals surface area contributed by atoms with E-state index in [0.29, 0.717) is 5.56 Å². The van der Waals surface area contributed by atoms with Crippen LogP contribution in [0.1, 0.15) is 0 Å². The van der Waals surface area contributed by atoms with Crippen LogP contribution in [0.2, 0.25) is 0 Å². The summed E-state index contributed by atoms with van der Waals surface area (Å²) >= 11 is 0. The Labute approximate surface area is 122 Å². The molecule has 0 fully saturated rings. The average molecular weight is 306 g/mol. The molecule has 0 aliphatic heterocycles. The number of rotatable bonds is 2. The summed E-state index contributed by atoms with van der Waals surface area (Å²) in [4.78, 5) is 14.7. The van der Waals surface area contributed by atoms with Crippen LogP contribution in [0.4, 0.5) is 19.1 Å². The van der Waals surface area contributed by atoms with Crippen molar-refractivity contribution in [3.63, 3.8) is 0 Å². The highest BCUT2D eigenvalue weighted by Gasteiger charge is 2.39. The lowest BCUT2D eigenvalue weighted by Crippen LogP contribution is -2.29. The first-order valence-electron chi connectivity index (χ1n) is 6.27. The molecule has 1 N–H and O–H groups in total. The van der Waals surface area contributed by atoms with E-state index < -0.39 is 12.1 Å². The molecule has 0 saturated carbocycles. The van der Waals surface area contributed by atoms with Gasteiger partial charge < -0.3 is 4.42 Å². The third kappa shape index (κ3) is 2.78. The van der Waals surface area contributed by atoms with E-state index in [-0.39, 0.29) is 11.8 Å². The standard InChI is InChI=1S/C15H9F3N2O2/c16-15(17,18)14(21)20-12-8-19-13(22-12)11-6-5-9-3-1-2-4-10(9)7-11/h1-8H,(H,20,21). The fourth-order valence-electron chi connectivity index (χ4n) is 1.97. The summed E-state index contributed by atoms with van der Waals surface area (Å²) in [6, 6.07) is 13.0. The number of carbonyl (C=O) groups excluding carboxylic acids is 1. The summed E-state index contributed by atoms with van der Waals surface area (Å²) < 4.78 is 41.6. The van der Waals surface area contributed by atoms with Gasteiger partial charge in [-0.1, -0.05) is 30.3 Å². The topological polar surface area (TPSA) is 55.1 Å². The first-order valence-corrected chi connectivity index (χ1v) is 6.27. The van der Waals surface area contributed by atoms with Gasteiger partial charge in [0, 0.05) is 5.56 Å². The zero-order chi connectivity index (χ0) is 15.7. The molecular weight excluding hydrogens is 297 g/mol. The van der Waals surface area contributed by atoms with Crippen LogP contribution in [-0.4, -0.2) is 17.1 Å². The first kappa shape index (κ1) is 14.1. The Hall–Kier alpha value is -2.83. The quantitative estimate of drug-likeness (QED) is 0.778. The summed E-state index contributed by atoms with van der Waals surface area (Å²) in [5, 5.41) is 3.58. The van der Waals surface area contributed by atoms with Gasteiger partial charge in [-0.3, -0.25) is 10.1 Å². The minimum Gasteiger partial charge on any atom is -0.420 e. The zero-order valence-electron chi connectivity index (χ0n) is 11.0. The van der Waals surface area contributed by atoms with Crippen LogP contribution in [0, 0.1) is 0 Å². The second-order valence-corrected chi connectivity index (χ2v) is 4.54. The van der Waals surface area contributed by atoms with E-state index in [1.807, 2.05) is 30.3 Å². The van der Waals surface area contributed by atoms with Gasteiger partial charge in [0.05, 0.1) is 6.20 Å². The summed E-state index contributed by atoms with van der Waals surface area (Å²) in [5.74, 6) is -2.33. The molecular formula is C15H9F3N2O2. The maximum absolute atomic E-state index is 12.2. The minimum atomic E-state index is -4.98. The number of alkyl halides is 3. The molecule has 2 aromatic carbocycles.